The molecule has 9 nitrogen and oxygen atoms in total. The summed E-state index contributed by atoms with van der Waals surface area (Å²) in [5, 5.41) is 10.9. The number of benzene rings is 3. The molecule has 0 aromatic heterocycles. The fourth-order valence-corrected chi connectivity index (χ4v) is 6.72. The highest BCUT2D eigenvalue weighted by atomic mass is 16.6. The summed E-state index contributed by atoms with van der Waals surface area (Å²) < 4.78 is 5.35. The van der Waals surface area contributed by atoms with Gasteiger partial charge in [-0.2, -0.15) is 0 Å². The van der Waals surface area contributed by atoms with Crippen LogP contribution in [-0.2, 0) is 19.1 Å². The number of carbonyl (C=O) groups excluding carboxylic acids is 4. The molecule has 1 saturated heterocycles. The summed E-state index contributed by atoms with van der Waals surface area (Å²) in [6.45, 7) is 2.83. The molecule has 1 aliphatic heterocycles. The molecule has 3 aromatic rings. The minimum atomic E-state index is -1.19. The first-order chi connectivity index (χ1) is 19.2. The maximum Gasteiger partial charge on any atom is 0.330 e. The molecule has 2 bridgehead atoms. The van der Waals surface area contributed by atoms with Crippen molar-refractivity contribution in [2.45, 2.75) is 31.7 Å². The van der Waals surface area contributed by atoms with Gasteiger partial charge in [0.1, 0.15) is 6.04 Å². The number of non-ortho nitro benzene ring substituents is 1. The molecular weight excluding hydrogens is 512 g/mol. The van der Waals surface area contributed by atoms with Gasteiger partial charge in [0, 0.05) is 29.5 Å². The normalized spacial score (nSPS) is 22.9. The quantitative estimate of drug-likeness (QED) is 0.145. The molecule has 3 aromatic carbocycles. The summed E-state index contributed by atoms with van der Waals surface area (Å²) >= 11 is 0. The number of ether oxygens (including phenoxy) is 1. The van der Waals surface area contributed by atoms with Crippen molar-refractivity contribution in [1.82, 2.24) is 4.90 Å². The standard InChI is InChI=1S/C31H26N2O7/c1-16(2)28(31(37)40-15-23(34)17-11-13-18(14-12-17)33(38)39)32-29(35)26-24-19-7-3-4-8-20(19)25(27(26)30(32)36)22-10-6-5-9-21(22)24/h3-14,16,24-28H,15H2,1-2H3/t24?,25?,26-,27+,28-/m1/s1. The molecule has 3 atom stereocenters. The van der Waals surface area contributed by atoms with Gasteiger partial charge in [-0.1, -0.05) is 62.4 Å². The number of nitrogens with zero attached hydrogens (tertiary/aromatic N) is 2. The minimum absolute atomic E-state index is 0.144. The minimum Gasteiger partial charge on any atom is -0.456 e. The van der Waals surface area contributed by atoms with Gasteiger partial charge in [0.15, 0.2) is 12.4 Å². The van der Waals surface area contributed by atoms with Crippen LogP contribution in [0.5, 0.6) is 0 Å². The molecule has 0 spiro atoms. The maximum atomic E-state index is 14.0. The first-order valence-corrected chi connectivity index (χ1v) is 13.2. The molecular formula is C31H26N2O7. The van der Waals surface area contributed by atoms with Gasteiger partial charge in [0.25, 0.3) is 5.69 Å². The lowest BCUT2D eigenvalue weighted by Crippen LogP contribution is -2.49. The zero-order valence-electron chi connectivity index (χ0n) is 21.9. The molecule has 40 heavy (non-hydrogen) atoms. The number of nitro groups is 1. The van der Waals surface area contributed by atoms with Crippen molar-refractivity contribution < 1.29 is 28.8 Å². The zero-order chi connectivity index (χ0) is 28.3. The van der Waals surface area contributed by atoms with Crippen LogP contribution in [0.25, 0.3) is 0 Å². The summed E-state index contributed by atoms with van der Waals surface area (Å²) in [5.41, 5.74) is 4.12. The number of Topliss-reactive ketones (excluding diaryl/α,β-unsaturated/α-hetero) is 1. The average molecular weight is 539 g/mol. The third kappa shape index (κ3) is 3.76. The number of rotatable bonds is 7. The van der Waals surface area contributed by atoms with Gasteiger partial charge in [-0.05, 0) is 40.3 Å². The van der Waals surface area contributed by atoms with Crippen LogP contribution in [-0.4, -0.2) is 46.0 Å². The van der Waals surface area contributed by atoms with Crippen molar-refractivity contribution in [3.8, 4) is 0 Å². The highest BCUT2D eigenvalue weighted by Gasteiger charge is 2.63. The lowest BCUT2D eigenvalue weighted by atomic mass is 9.55. The van der Waals surface area contributed by atoms with E-state index in [1.807, 2.05) is 48.5 Å². The Labute approximate surface area is 229 Å². The van der Waals surface area contributed by atoms with Gasteiger partial charge in [-0.25, -0.2) is 4.79 Å². The summed E-state index contributed by atoms with van der Waals surface area (Å²) in [7, 11) is 0. The SMILES string of the molecule is CC(C)[C@H](C(=O)OCC(=O)c1ccc([N+](=O)[O-])cc1)N1C(=O)[C@@H]2C3c4ccccc4C(c4ccccc43)[C@@H]2C1=O. The van der Waals surface area contributed by atoms with Crippen LogP contribution >= 0.6 is 0 Å². The van der Waals surface area contributed by atoms with Crippen molar-refractivity contribution >= 4 is 29.3 Å². The second kappa shape index (κ2) is 9.51. The molecule has 9 heteroatoms. The Bertz CT molecular complexity index is 1460. The van der Waals surface area contributed by atoms with Crippen LogP contribution in [0, 0.1) is 27.9 Å². The lowest BCUT2D eigenvalue weighted by Gasteiger charge is -2.45. The molecule has 2 amide bonds. The van der Waals surface area contributed by atoms with E-state index >= 15 is 0 Å². The van der Waals surface area contributed by atoms with Gasteiger partial charge in [-0.15, -0.1) is 0 Å². The number of amides is 2. The Hall–Kier alpha value is -4.66. The zero-order valence-corrected chi connectivity index (χ0v) is 21.9. The fourth-order valence-electron chi connectivity index (χ4n) is 6.72. The molecule has 202 valence electrons. The number of imide groups is 1. The summed E-state index contributed by atoms with van der Waals surface area (Å²) in [4.78, 5) is 65.4. The Balaban J connectivity index is 1.27. The molecule has 1 heterocycles. The third-order valence-electron chi connectivity index (χ3n) is 8.38. The number of nitro benzene ring substituents is 1. The number of hydrogen-bond donors (Lipinski definition) is 0. The van der Waals surface area contributed by atoms with Crippen molar-refractivity contribution in [1.29, 1.82) is 0 Å². The second-order valence-electron chi connectivity index (χ2n) is 10.8. The summed E-state index contributed by atoms with van der Waals surface area (Å²) in [6.07, 6.45) is 0. The Kier molecular flexibility index (Phi) is 6.09. The topological polar surface area (TPSA) is 124 Å². The smallest absolute Gasteiger partial charge is 0.330 e. The van der Waals surface area contributed by atoms with E-state index in [2.05, 4.69) is 0 Å². The average Bonchev–Trinajstić information content (AvgIpc) is 3.21. The largest absolute Gasteiger partial charge is 0.456 e. The van der Waals surface area contributed by atoms with Gasteiger partial charge >= 0.3 is 5.97 Å². The van der Waals surface area contributed by atoms with Crippen molar-refractivity contribution in [2.24, 2.45) is 17.8 Å². The molecule has 7 rings (SSSR count). The summed E-state index contributed by atoms with van der Waals surface area (Å²) in [5.74, 6) is -4.49. The van der Waals surface area contributed by atoms with Crippen LogP contribution in [0.15, 0.2) is 72.8 Å². The van der Waals surface area contributed by atoms with Crippen molar-refractivity contribution in [3.63, 3.8) is 0 Å². The molecule has 0 radical (unpaired) electrons. The van der Waals surface area contributed by atoms with E-state index in [0.717, 1.165) is 27.2 Å². The Morgan fingerprint density at radius 1 is 0.825 bits per heavy atom. The highest BCUT2D eigenvalue weighted by molar-refractivity contribution is 6.10. The first kappa shape index (κ1) is 25.6. The molecule has 0 unspecified atom stereocenters. The van der Waals surface area contributed by atoms with Crippen LogP contribution in [0.3, 0.4) is 0 Å². The van der Waals surface area contributed by atoms with E-state index in [0.29, 0.717) is 0 Å². The number of likely N-dealkylation sites (tertiary alicyclic amines) is 1. The predicted molar refractivity (Wildman–Crippen MR) is 142 cm³/mol. The van der Waals surface area contributed by atoms with E-state index < -0.39 is 58.9 Å². The van der Waals surface area contributed by atoms with Gasteiger partial charge < -0.3 is 4.74 Å². The van der Waals surface area contributed by atoms with E-state index in [-0.39, 0.29) is 23.1 Å². The van der Waals surface area contributed by atoms with E-state index in [1.165, 1.54) is 24.3 Å². The van der Waals surface area contributed by atoms with E-state index in [1.54, 1.807) is 13.8 Å². The molecule has 1 fully saturated rings. The highest BCUT2D eigenvalue weighted by Crippen LogP contribution is 2.61. The van der Waals surface area contributed by atoms with Crippen LogP contribution in [0.4, 0.5) is 5.69 Å². The lowest BCUT2D eigenvalue weighted by molar-refractivity contribution is -0.384. The Morgan fingerprint density at radius 2 is 1.27 bits per heavy atom. The number of carbonyl (C=O) groups is 4. The van der Waals surface area contributed by atoms with Crippen LogP contribution < -0.4 is 0 Å². The van der Waals surface area contributed by atoms with Crippen LogP contribution in [0.1, 0.15) is 58.3 Å². The van der Waals surface area contributed by atoms with Crippen molar-refractivity contribution in [3.05, 3.63) is 111 Å². The third-order valence-corrected chi connectivity index (χ3v) is 8.38. The van der Waals surface area contributed by atoms with E-state index in [4.69, 9.17) is 4.74 Å². The van der Waals surface area contributed by atoms with Crippen LogP contribution in [0.2, 0.25) is 0 Å². The fraction of sp³-hybridized carbons (Fsp3) is 0.290. The van der Waals surface area contributed by atoms with Gasteiger partial charge in [-0.3, -0.25) is 29.4 Å². The number of hydrogen-bond acceptors (Lipinski definition) is 7. The summed E-state index contributed by atoms with van der Waals surface area (Å²) in [6, 6.07) is 19.6. The first-order valence-electron chi connectivity index (χ1n) is 13.2. The predicted octanol–water partition coefficient (Wildman–Crippen LogP) is 4.24. The number of ketones is 1. The molecule has 3 aliphatic carbocycles. The van der Waals surface area contributed by atoms with Gasteiger partial charge in [0.05, 0.1) is 16.8 Å². The van der Waals surface area contributed by atoms with Gasteiger partial charge in [0.2, 0.25) is 11.8 Å². The second-order valence-corrected chi connectivity index (χ2v) is 10.8. The molecule has 4 aliphatic rings. The molecule has 0 saturated carbocycles. The van der Waals surface area contributed by atoms with Crippen molar-refractivity contribution in [2.75, 3.05) is 6.61 Å². The monoisotopic (exact) mass is 538 g/mol. The number of esters is 1. The Morgan fingerprint density at radius 3 is 1.68 bits per heavy atom. The maximum absolute atomic E-state index is 14.0. The molecule has 0 N–H and O–H groups in total. The van der Waals surface area contributed by atoms with E-state index in [9.17, 15) is 29.3 Å².